The van der Waals surface area contributed by atoms with Crippen LogP contribution in [-0.4, -0.2) is 17.5 Å². The van der Waals surface area contributed by atoms with E-state index >= 15 is 0 Å². The van der Waals surface area contributed by atoms with Crippen molar-refractivity contribution in [3.63, 3.8) is 0 Å². The summed E-state index contributed by atoms with van der Waals surface area (Å²) in [4.78, 5) is 0. The third kappa shape index (κ3) is 8.04. The summed E-state index contributed by atoms with van der Waals surface area (Å²) in [6.07, 6.45) is 8.35. The molecule has 0 spiro atoms. The van der Waals surface area contributed by atoms with Crippen molar-refractivity contribution in [2.24, 2.45) is 5.92 Å². The number of anilines is 1. The third-order valence-electron chi connectivity index (χ3n) is 3.95. The summed E-state index contributed by atoms with van der Waals surface area (Å²) >= 11 is 0. The zero-order valence-corrected chi connectivity index (χ0v) is 13.2. The second kappa shape index (κ2) is 8.36. The van der Waals surface area contributed by atoms with Crippen LogP contribution < -0.4 is 5.73 Å². The minimum absolute atomic E-state index is 0.786. The van der Waals surface area contributed by atoms with E-state index in [1.165, 1.54) is 44.1 Å². The fourth-order valence-electron chi connectivity index (χ4n) is 2.96. The Morgan fingerprint density at radius 2 is 1.57 bits per heavy atom. The molecule has 1 aromatic carbocycles. The van der Waals surface area contributed by atoms with Crippen LogP contribution in [0.4, 0.5) is 5.69 Å². The molecule has 0 bridgehead atoms. The van der Waals surface area contributed by atoms with E-state index in [1.54, 1.807) is 0 Å². The van der Waals surface area contributed by atoms with Crippen molar-refractivity contribution in [2.45, 2.75) is 51.4 Å². The second-order valence-electron chi connectivity index (χ2n) is 5.62. The monoisotopic (exact) mass is 315 g/mol. The molecule has 6 heteroatoms. The van der Waals surface area contributed by atoms with Gasteiger partial charge in [0.05, 0.1) is 0 Å². The number of hydrogen-bond acceptors (Lipinski definition) is 3. The van der Waals surface area contributed by atoms with Crippen LogP contribution in [0.3, 0.4) is 0 Å². The van der Waals surface area contributed by atoms with E-state index in [0.717, 1.165) is 17.5 Å². The van der Waals surface area contributed by atoms with Gasteiger partial charge in [0.1, 0.15) is 0 Å². The quantitative estimate of drug-likeness (QED) is 0.583. The average Bonchev–Trinajstić information content (AvgIpc) is 2.39. The van der Waals surface area contributed by atoms with Gasteiger partial charge >= 0.3 is 10.4 Å². The van der Waals surface area contributed by atoms with Crippen LogP contribution in [0.15, 0.2) is 24.3 Å². The molecule has 1 aliphatic rings. The largest absolute Gasteiger partial charge is 0.399 e. The lowest BCUT2D eigenvalue weighted by Crippen LogP contribution is -2.13. The van der Waals surface area contributed by atoms with Gasteiger partial charge in [-0.3, -0.25) is 9.11 Å². The van der Waals surface area contributed by atoms with Crippen molar-refractivity contribution in [1.29, 1.82) is 0 Å². The highest BCUT2D eigenvalue weighted by Crippen LogP contribution is 2.37. The first-order valence-electron chi connectivity index (χ1n) is 7.35. The highest BCUT2D eigenvalue weighted by atomic mass is 32.3. The Kier molecular flexibility index (Phi) is 7.14. The van der Waals surface area contributed by atoms with Crippen molar-refractivity contribution in [2.75, 3.05) is 5.73 Å². The van der Waals surface area contributed by atoms with E-state index in [0.29, 0.717) is 0 Å². The Morgan fingerprint density at radius 1 is 1.10 bits per heavy atom. The van der Waals surface area contributed by atoms with Crippen molar-refractivity contribution in [3.05, 3.63) is 29.8 Å². The molecule has 1 saturated carbocycles. The molecule has 0 amide bonds. The zero-order chi connectivity index (χ0) is 15.9. The highest BCUT2D eigenvalue weighted by molar-refractivity contribution is 7.79. The summed E-state index contributed by atoms with van der Waals surface area (Å²) in [6.45, 7) is 2.30. The molecular weight excluding hydrogens is 290 g/mol. The Hall–Kier alpha value is -1.11. The molecule has 0 radical (unpaired) electrons. The molecule has 0 saturated heterocycles. The lowest BCUT2D eigenvalue weighted by atomic mass is 9.77. The Balaban J connectivity index is 0.000000383. The predicted molar refractivity (Wildman–Crippen MR) is 84.6 cm³/mol. The van der Waals surface area contributed by atoms with Crippen molar-refractivity contribution >= 4 is 16.1 Å². The first-order chi connectivity index (χ1) is 9.79. The second-order valence-corrected chi connectivity index (χ2v) is 6.52. The Labute approximate surface area is 127 Å². The maximum atomic E-state index is 8.74. The predicted octanol–water partition coefficient (Wildman–Crippen LogP) is 3.69. The van der Waals surface area contributed by atoms with Gasteiger partial charge in [-0.25, -0.2) is 0 Å². The van der Waals surface area contributed by atoms with Crippen LogP contribution >= 0.6 is 0 Å². The molecule has 0 aromatic heterocycles. The highest BCUT2D eigenvalue weighted by Gasteiger charge is 2.21. The van der Waals surface area contributed by atoms with Gasteiger partial charge in [0.2, 0.25) is 0 Å². The van der Waals surface area contributed by atoms with Gasteiger partial charge in [-0.1, -0.05) is 31.9 Å². The standard InChI is InChI=1S/C15H23N.H2O4S/c1-2-3-12-4-6-13(7-5-12)14-8-10-15(16)11-9-14;1-5(2,3)4/h8-13H,2-7,16H2,1H3;(H2,1,2,3,4). The van der Waals surface area contributed by atoms with Gasteiger partial charge in [0.25, 0.3) is 0 Å². The summed E-state index contributed by atoms with van der Waals surface area (Å²) in [5.41, 5.74) is 8.09. The molecule has 21 heavy (non-hydrogen) atoms. The molecule has 1 aliphatic carbocycles. The molecule has 0 heterocycles. The van der Waals surface area contributed by atoms with E-state index in [1.807, 2.05) is 12.1 Å². The number of rotatable bonds is 3. The van der Waals surface area contributed by atoms with Gasteiger partial charge < -0.3 is 5.73 Å². The Morgan fingerprint density at radius 3 is 2.00 bits per heavy atom. The van der Waals surface area contributed by atoms with Crippen LogP contribution in [0.5, 0.6) is 0 Å². The molecule has 0 aliphatic heterocycles. The third-order valence-corrected chi connectivity index (χ3v) is 3.95. The first kappa shape index (κ1) is 17.9. The fraction of sp³-hybridized carbons (Fsp3) is 0.600. The lowest BCUT2D eigenvalue weighted by molar-refractivity contribution is 0.308. The summed E-state index contributed by atoms with van der Waals surface area (Å²) in [5.74, 6) is 1.78. The van der Waals surface area contributed by atoms with E-state index in [9.17, 15) is 0 Å². The van der Waals surface area contributed by atoms with Crippen LogP contribution in [0, 0.1) is 5.92 Å². The maximum Gasteiger partial charge on any atom is 0.394 e. The van der Waals surface area contributed by atoms with Gasteiger partial charge in [-0.05, 0) is 55.2 Å². The molecule has 2 rings (SSSR count). The number of nitrogen functional groups attached to an aromatic ring is 1. The van der Waals surface area contributed by atoms with Crippen molar-refractivity contribution in [3.8, 4) is 0 Å². The summed E-state index contributed by atoms with van der Waals surface area (Å²) in [7, 11) is -4.67. The van der Waals surface area contributed by atoms with Crippen molar-refractivity contribution < 1.29 is 17.5 Å². The molecule has 1 aromatic rings. The average molecular weight is 315 g/mol. The SMILES string of the molecule is CCCC1CCC(c2ccc(N)cc2)CC1.O=S(=O)(O)O. The van der Waals surface area contributed by atoms with Gasteiger partial charge in [-0.2, -0.15) is 8.42 Å². The molecule has 1 fully saturated rings. The fourth-order valence-corrected chi connectivity index (χ4v) is 2.96. The Bertz CT molecular complexity index is 497. The molecule has 120 valence electrons. The van der Waals surface area contributed by atoms with Crippen LogP contribution in [-0.2, 0) is 10.4 Å². The number of nitrogens with two attached hydrogens (primary N) is 1. The van der Waals surface area contributed by atoms with Crippen molar-refractivity contribution in [1.82, 2.24) is 0 Å². The zero-order valence-electron chi connectivity index (χ0n) is 12.4. The van der Waals surface area contributed by atoms with Crippen LogP contribution in [0.2, 0.25) is 0 Å². The minimum atomic E-state index is -4.67. The van der Waals surface area contributed by atoms with Crippen LogP contribution in [0.1, 0.15) is 56.9 Å². The number of hydrogen-bond donors (Lipinski definition) is 3. The maximum absolute atomic E-state index is 8.74. The summed E-state index contributed by atoms with van der Waals surface area (Å²) < 4.78 is 31.6. The van der Waals surface area contributed by atoms with E-state index < -0.39 is 10.4 Å². The van der Waals surface area contributed by atoms with Crippen LogP contribution in [0.25, 0.3) is 0 Å². The van der Waals surface area contributed by atoms with Gasteiger partial charge in [0.15, 0.2) is 0 Å². The molecule has 5 nitrogen and oxygen atoms in total. The topological polar surface area (TPSA) is 101 Å². The van der Waals surface area contributed by atoms with E-state index in [-0.39, 0.29) is 0 Å². The van der Waals surface area contributed by atoms with Gasteiger partial charge in [-0.15, -0.1) is 0 Å². The first-order valence-corrected chi connectivity index (χ1v) is 8.74. The number of benzene rings is 1. The molecule has 4 N–H and O–H groups in total. The minimum Gasteiger partial charge on any atom is -0.399 e. The van der Waals surface area contributed by atoms with E-state index in [2.05, 4.69) is 19.1 Å². The summed E-state index contributed by atoms with van der Waals surface area (Å²) in [5, 5.41) is 0. The molecule has 0 atom stereocenters. The van der Waals surface area contributed by atoms with Gasteiger partial charge in [0, 0.05) is 5.69 Å². The lowest BCUT2D eigenvalue weighted by Gasteiger charge is -2.28. The summed E-state index contributed by atoms with van der Waals surface area (Å²) in [6, 6.07) is 8.49. The normalized spacial score (nSPS) is 22.2. The smallest absolute Gasteiger partial charge is 0.394 e. The molecule has 0 unspecified atom stereocenters. The van der Waals surface area contributed by atoms with E-state index in [4.69, 9.17) is 23.3 Å². The molecular formula is C15H25NO4S.